The van der Waals surface area contributed by atoms with E-state index in [0.717, 1.165) is 24.2 Å². The molecule has 68 heavy (non-hydrogen) atoms. The maximum Gasteiger partial charge on any atom is 0.0569 e. The fourth-order valence-corrected chi connectivity index (χ4v) is 10.7. The molecule has 338 valence electrons. The van der Waals surface area contributed by atoms with Crippen LogP contribution in [-0.4, -0.2) is 0 Å². The first-order chi connectivity index (χ1) is 32.6. The molecular formula is C66H64N2. The number of para-hydroxylation sites is 2. The maximum absolute atomic E-state index is 2.57. The average Bonchev–Trinajstić information content (AvgIpc) is 3.31. The fraction of sp³-hybridized carbons (Fsp3) is 0.212. The third kappa shape index (κ3) is 8.43. The first kappa shape index (κ1) is 44.7. The second kappa shape index (κ2) is 17.5. The molecule has 0 spiro atoms. The molecule has 0 aliphatic rings. The molecule has 0 bridgehead atoms. The van der Waals surface area contributed by atoms with E-state index >= 15 is 0 Å². The van der Waals surface area contributed by atoms with Gasteiger partial charge in [-0.2, -0.15) is 0 Å². The Hall–Kier alpha value is -7.16. The molecule has 0 aliphatic heterocycles. The lowest BCUT2D eigenvalue weighted by Crippen LogP contribution is -2.16. The first-order valence-electron chi connectivity index (χ1n) is 24.4. The molecule has 0 aromatic heterocycles. The maximum atomic E-state index is 2.57. The van der Waals surface area contributed by atoms with Crippen molar-refractivity contribution in [1.82, 2.24) is 0 Å². The first-order valence-corrected chi connectivity index (χ1v) is 24.4. The highest BCUT2D eigenvalue weighted by molar-refractivity contribution is 6.29. The van der Waals surface area contributed by atoms with Crippen LogP contribution in [0.5, 0.6) is 0 Å². The molecule has 10 aromatic rings. The van der Waals surface area contributed by atoms with Crippen molar-refractivity contribution in [1.29, 1.82) is 0 Å². The molecule has 0 unspecified atom stereocenters. The molecule has 2 heteroatoms. The predicted octanol–water partition coefficient (Wildman–Crippen LogP) is 19.3. The van der Waals surface area contributed by atoms with Gasteiger partial charge in [0, 0.05) is 33.3 Å². The van der Waals surface area contributed by atoms with Crippen molar-refractivity contribution in [2.24, 2.45) is 10.8 Å². The lowest BCUT2D eigenvalue weighted by molar-refractivity contribution is 0.412. The summed E-state index contributed by atoms with van der Waals surface area (Å²) in [5.41, 5.74) is 19.7. The van der Waals surface area contributed by atoms with Gasteiger partial charge in [-0.05, 0) is 143 Å². The zero-order valence-corrected chi connectivity index (χ0v) is 41.6. The van der Waals surface area contributed by atoms with Gasteiger partial charge in [-0.3, -0.25) is 0 Å². The molecule has 2 nitrogen and oxygen atoms in total. The van der Waals surface area contributed by atoms with Crippen LogP contribution in [0.2, 0.25) is 0 Å². The second-order valence-corrected chi connectivity index (χ2v) is 21.7. The van der Waals surface area contributed by atoms with Crippen LogP contribution in [0.15, 0.2) is 182 Å². The summed E-state index contributed by atoms with van der Waals surface area (Å²) in [7, 11) is 0. The van der Waals surface area contributed by atoms with Crippen molar-refractivity contribution in [3.05, 3.63) is 215 Å². The van der Waals surface area contributed by atoms with Crippen molar-refractivity contribution < 1.29 is 0 Å². The highest BCUT2D eigenvalue weighted by atomic mass is 15.2. The smallest absolute Gasteiger partial charge is 0.0569 e. The van der Waals surface area contributed by atoms with Crippen LogP contribution >= 0.6 is 0 Å². The lowest BCUT2D eigenvalue weighted by atomic mass is 9.80. The molecule has 0 saturated heterocycles. The van der Waals surface area contributed by atoms with Gasteiger partial charge < -0.3 is 9.80 Å². The van der Waals surface area contributed by atoms with Gasteiger partial charge in [0.25, 0.3) is 0 Å². The average molecular weight is 885 g/mol. The van der Waals surface area contributed by atoms with Crippen LogP contribution in [0, 0.1) is 38.5 Å². The minimum atomic E-state index is 0.0379. The monoisotopic (exact) mass is 885 g/mol. The van der Waals surface area contributed by atoms with Crippen LogP contribution in [0.25, 0.3) is 54.6 Å². The van der Waals surface area contributed by atoms with Crippen molar-refractivity contribution in [3.63, 3.8) is 0 Å². The van der Waals surface area contributed by atoms with Crippen LogP contribution in [0.3, 0.4) is 0 Å². The van der Waals surface area contributed by atoms with Crippen molar-refractivity contribution in [2.75, 3.05) is 9.80 Å². The molecular weight excluding hydrogens is 821 g/mol. The van der Waals surface area contributed by atoms with E-state index in [2.05, 4.69) is 261 Å². The van der Waals surface area contributed by atoms with Gasteiger partial charge in [0.1, 0.15) is 0 Å². The summed E-state index contributed by atoms with van der Waals surface area (Å²) in [5.74, 6) is 0. The zero-order valence-electron chi connectivity index (χ0n) is 41.6. The Kier molecular flexibility index (Phi) is 11.5. The van der Waals surface area contributed by atoms with E-state index in [9.17, 15) is 0 Å². The molecule has 10 rings (SSSR count). The highest BCUT2D eigenvalue weighted by Crippen LogP contribution is 2.53. The minimum absolute atomic E-state index is 0.0379. The van der Waals surface area contributed by atoms with Gasteiger partial charge >= 0.3 is 0 Å². The highest BCUT2D eigenvalue weighted by Gasteiger charge is 2.29. The summed E-state index contributed by atoms with van der Waals surface area (Å²) < 4.78 is 0. The molecule has 0 aliphatic carbocycles. The van der Waals surface area contributed by atoms with Gasteiger partial charge in [-0.25, -0.2) is 0 Å². The number of rotatable bonds is 10. The Balaban J connectivity index is 1.37. The van der Waals surface area contributed by atoms with Gasteiger partial charge in [0.05, 0.1) is 22.7 Å². The number of aryl methyl sites for hydroxylation is 4. The Bertz CT molecular complexity index is 3190. The number of nitrogens with zero attached hydrogens (tertiary/aromatic N) is 2. The van der Waals surface area contributed by atoms with Gasteiger partial charge in [-0.15, -0.1) is 0 Å². The molecule has 0 atom stereocenters. The Labute approximate surface area is 404 Å². The third-order valence-corrected chi connectivity index (χ3v) is 13.6. The number of hydrogen-bond acceptors (Lipinski definition) is 2. The van der Waals surface area contributed by atoms with Crippen molar-refractivity contribution in [3.8, 4) is 22.3 Å². The normalized spacial score (nSPS) is 12.1. The topological polar surface area (TPSA) is 6.48 Å². The van der Waals surface area contributed by atoms with Crippen LogP contribution in [0.1, 0.15) is 74.9 Å². The van der Waals surface area contributed by atoms with Gasteiger partial charge in [-0.1, -0.05) is 198 Å². The Morgan fingerprint density at radius 2 is 0.706 bits per heavy atom. The Morgan fingerprint density at radius 3 is 1.06 bits per heavy atom. The summed E-state index contributed by atoms with van der Waals surface area (Å²) in [6.45, 7) is 23.2. The van der Waals surface area contributed by atoms with Crippen molar-refractivity contribution in [2.45, 2.75) is 82.1 Å². The summed E-state index contributed by atoms with van der Waals surface area (Å²) in [6, 6.07) is 68.5. The van der Waals surface area contributed by atoms with Crippen LogP contribution < -0.4 is 9.80 Å². The number of benzene rings is 10. The van der Waals surface area contributed by atoms with E-state index in [0.29, 0.717) is 0 Å². The quantitative estimate of drug-likeness (QED) is 0.126. The van der Waals surface area contributed by atoms with Gasteiger partial charge in [0.2, 0.25) is 0 Å². The summed E-state index contributed by atoms with van der Waals surface area (Å²) in [5, 5.41) is 7.82. The number of anilines is 6. The molecule has 10 aromatic carbocycles. The molecule has 0 N–H and O–H groups in total. The number of hydrogen-bond donors (Lipinski definition) is 0. The summed E-state index contributed by atoms with van der Waals surface area (Å²) in [6.07, 6.45) is 1.85. The van der Waals surface area contributed by atoms with E-state index < -0.39 is 0 Å². The second-order valence-electron chi connectivity index (χ2n) is 21.7. The van der Waals surface area contributed by atoms with E-state index in [1.54, 1.807) is 0 Å². The van der Waals surface area contributed by atoms with Crippen LogP contribution in [0.4, 0.5) is 34.1 Å². The molecule has 0 saturated carbocycles. The minimum Gasteiger partial charge on any atom is -0.309 e. The summed E-state index contributed by atoms with van der Waals surface area (Å²) in [4.78, 5) is 5.15. The molecule has 0 radical (unpaired) electrons. The predicted molar refractivity (Wildman–Crippen MR) is 296 cm³/mol. The molecule has 0 fully saturated rings. The van der Waals surface area contributed by atoms with E-state index in [4.69, 9.17) is 0 Å². The van der Waals surface area contributed by atoms with Crippen LogP contribution in [-0.2, 0) is 12.8 Å². The van der Waals surface area contributed by atoms with E-state index in [1.807, 2.05) is 0 Å². The van der Waals surface area contributed by atoms with E-state index in [-0.39, 0.29) is 10.8 Å². The Morgan fingerprint density at radius 1 is 0.353 bits per heavy atom. The standard InChI is InChI=1S/C66H64N2/c1-43-27-31-51(32-28-43)67(63-45(3)19-17-25-55(63)47-21-13-11-14-22-47)59-39-49(41-65(5,6)7)53-36-38-58-60(40-50(42-66(8,9)10)54-35-37-57(59)61(53)62(54)58)68(52-33-29-44(2)30-34-52)64-46(4)20-18-26-56(64)48-23-15-12-16-24-48/h11-40H,41-42H2,1-10H3. The SMILES string of the molecule is Cc1ccc(N(c2c(C)cccc2-c2ccccc2)c2cc(CC(C)(C)C)c3ccc4c(N(c5ccc(C)cc5)c5c(C)cccc5-c5ccccc5)cc(CC(C)(C)C)c5ccc2c3c54)cc1. The fourth-order valence-electron chi connectivity index (χ4n) is 10.7. The van der Waals surface area contributed by atoms with E-state index in [1.165, 1.54) is 111 Å². The molecule has 0 amide bonds. The largest absolute Gasteiger partial charge is 0.309 e. The zero-order chi connectivity index (χ0) is 47.5. The third-order valence-electron chi connectivity index (χ3n) is 13.6. The molecule has 0 heterocycles. The lowest BCUT2D eigenvalue weighted by Gasteiger charge is -2.34. The van der Waals surface area contributed by atoms with Crippen molar-refractivity contribution >= 4 is 66.4 Å². The summed E-state index contributed by atoms with van der Waals surface area (Å²) >= 11 is 0. The van der Waals surface area contributed by atoms with Gasteiger partial charge in [0.15, 0.2) is 0 Å².